The summed E-state index contributed by atoms with van der Waals surface area (Å²) in [6.45, 7) is 9.25. The van der Waals surface area contributed by atoms with Crippen LogP contribution in [0.4, 0.5) is 5.69 Å². The standard InChI is InChI=1S/C16H27N3O/c1-12(2)13-8-5-6-9-14(13)18-11-7-10-16(3,4)15(17)19-20/h5-6,8-9,12,18,20H,7,10-11H2,1-4H3,(H2,17,19). The Hall–Kier alpha value is -1.71. The Balaban J connectivity index is 2.50. The maximum atomic E-state index is 8.75. The second-order valence-corrected chi connectivity index (χ2v) is 6.14. The number of para-hydroxylation sites is 1. The third-order valence-electron chi connectivity index (χ3n) is 3.68. The number of hydrogen-bond acceptors (Lipinski definition) is 3. The number of nitrogens with one attached hydrogen (secondary N) is 1. The molecule has 4 N–H and O–H groups in total. The van der Waals surface area contributed by atoms with Crippen LogP contribution in [0, 0.1) is 5.41 Å². The SMILES string of the molecule is CC(C)c1ccccc1NCCCC(C)(C)C(N)=NO. The summed E-state index contributed by atoms with van der Waals surface area (Å²) in [5.41, 5.74) is 7.95. The third kappa shape index (κ3) is 4.44. The van der Waals surface area contributed by atoms with Crippen molar-refractivity contribution < 1.29 is 5.21 Å². The predicted octanol–water partition coefficient (Wildman–Crippen LogP) is 3.77. The number of nitrogens with zero attached hydrogens (tertiary/aromatic N) is 1. The molecule has 0 aromatic heterocycles. The highest BCUT2D eigenvalue weighted by molar-refractivity contribution is 5.85. The minimum atomic E-state index is -0.270. The molecule has 20 heavy (non-hydrogen) atoms. The van der Waals surface area contributed by atoms with E-state index in [0.717, 1.165) is 19.4 Å². The zero-order valence-electron chi connectivity index (χ0n) is 13.0. The summed E-state index contributed by atoms with van der Waals surface area (Å²) in [7, 11) is 0. The average Bonchev–Trinajstić information content (AvgIpc) is 2.42. The number of benzene rings is 1. The molecule has 0 aliphatic carbocycles. The molecular formula is C16H27N3O. The Bertz CT molecular complexity index is 453. The van der Waals surface area contributed by atoms with Crippen molar-refractivity contribution in [1.82, 2.24) is 0 Å². The topological polar surface area (TPSA) is 70.6 Å². The summed E-state index contributed by atoms with van der Waals surface area (Å²) in [5, 5.41) is 15.3. The Morgan fingerprint density at radius 2 is 2.00 bits per heavy atom. The highest BCUT2D eigenvalue weighted by Crippen LogP contribution is 2.25. The lowest BCUT2D eigenvalue weighted by Gasteiger charge is -2.23. The quantitative estimate of drug-likeness (QED) is 0.233. The van der Waals surface area contributed by atoms with Crippen LogP contribution in [-0.4, -0.2) is 17.6 Å². The van der Waals surface area contributed by atoms with Crippen LogP contribution < -0.4 is 11.1 Å². The molecule has 112 valence electrons. The van der Waals surface area contributed by atoms with Crippen molar-refractivity contribution in [3.63, 3.8) is 0 Å². The lowest BCUT2D eigenvalue weighted by molar-refractivity contribution is 0.305. The van der Waals surface area contributed by atoms with E-state index in [-0.39, 0.29) is 5.41 Å². The fourth-order valence-corrected chi connectivity index (χ4v) is 2.18. The first kappa shape index (κ1) is 16.3. The minimum absolute atomic E-state index is 0.270. The summed E-state index contributed by atoms with van der Waals surface area (Å²) in [4.78, 5) is 0. The predicted molar refractivity (Wildman–Crippen MR) is 85.4 cm³/mol. The summed E-state index contributed by atoms with van der Waals surface area (Å²) in [6, 6.07) is 8.40. The first-order valence-electron chi connectivity index (χ1n) is 7.19. The third-order valence-corrected chi connectivity index (χ3v) is 3.68. The molecule has 0 bridgehead atoms. The van der Waals surface area contributed by atoms with E-state index in [4.69, 9.17) is 10.9 Å². The van der Waals surface area contributed by atoms with Crippen molar-refractivity contribution in [3.8, 4) is 0 Å². The number of anilines is 1. The summed E-state index contributed by atoms with van der Waals surface area (Å²) in [5.74, 6) is 0.799. The van der Waals surface area contributed by atoms with E-state index in [9.17, 15) is 0 Å². The van der Waals surface area contributed by atoms with Gasteiger partial charge in [0.25, 0.3) is 0 Å². The van der Waals surface area contributed by atoms with Gasteiger partial charge >= 0.3 is 0 Å². The van der Waals surface area contributed by atoms with E-state index < -0.39 is 0 Å². The minimum Gasteiger partial charge on any atom is -0.409 e. The Labute approximate surface area is 122 Å². The zero-order valence-corrected chi connectivity index (χ0v) is 13.0. The lowest BCUT2D eigenvalue weighted by Crippen LogP contribution is -2.32. The molecule has 0 aliphatic rings. The molecule has 0 aliphatic heterocycles. The van der Waals surface area contributed by atoms with Crippen LogP contribution in [-0.2, 0) is 0 Å². The molecule has 1 aromatic carbocycles. The van der Waals surface area contributed by atoms with Gasteiger partial charge in [-0.1, -0.05) is 51.0 Å². The van der Waals surface area contributed by atoms with Gasteiger partial charge in [-0.15, -0.1) is 0 Å². The summed E-state index contributed by atoms with van der Waals surface area (Å²) < 4.78 is 0. The Morgan fingerprint density at radius 1 is 1.35 bits per heavy atom. The van der Waals surface area contributed by atoms with Gasteiger partial charge in [0.1, 0.15) is 5.84 Å². The van der Waals surface area contributed by atoms with Crippen LogP contribution in [0.15, 0.2) is 29.4 Å². The van der Waals surface area contributed by atoms with Crippen molar-refractivity contribution >= 4 is 11.5 Å². The molecule has 0 amide bonds. The van der Waals surface area contributed by atoms with Crippen LogP contribution in [0.1, 0.15) is 52.0 Å². The maximum absolute atomic E-state index is 8.75. The van der Waals surface area contributed by atoms with Crippen molar-refractivity contribution in [2.75, 3.05) is 11.9 Å². The van der Waals surface area contributed by atoms with Gasteiger partial charge in [-0.05, 0) is 30.4 Å². The molecule has 0 atom stereocenters. The fraction of sp³-hybridized carbons (Fsp3) is 0.562. The van der Waals surface area contributed by atoms with Crippen molar-refractivity contribution in [2.24, 2.45) is 16.3 Å². The van der Waals surface area contributed by atoms with Crippen molar-refractivity contribution in [1.29, 1.82) is 0 Å². The lowest BCUT2D eigenvalue weighted by atomic mass is 9.86. The van der Waals surface area contributed by atoms with E-state index in [1.807, 2.05) is 13.8 Å². The second-order valence-electron chi connectivity index (χ2n) is 6.14. The number of nitrogens with two attached hydrogens (primary N) is 1. The van der Waals surface area contributed by atoms with Crippen LogP contribution in [0.3, 0.4) is 0 Å². The van der Waals surface area contributed by atoms with Crippen LogP contribution >= 0.6 is 0 Å². The van der Waals surface area contributed by atoms with Gasteiger partial charge in [0.05, 0.1) is 0 Å². The van der Waals surface area contributed by atoms with E-state index in [1.54, 1.807) is 0 Å². The fourth-order valence-electron chi connectivity index (χ4n) is 2.18. The van der Waals surface area contributed by atoms with Gasteiger partial charge in [0.15, 0.2) is 0 Å². The molecular weight excluding hydrogens is 250 g/mol. The maximum Gasteiger partial charge on any atom is 0.144 e. The van der Waals surface area contributed by atoms with E-state index >= 15 is 0 Å². The molecule has 0 saturated heterocycles. The molecule has 1 rings (SSSR count). The molecule has 0 heterocycles. The molecule has 1 aromatic rings. The van der Waals surface area contributed by atoms with Gasteiger partial charge in [0, 0.05) is 17.6 Å². The van der Waals surface area contributed by atoms with Crippen molar-refractivity contribution in [2.45, 2.75) is 46.5 Å². The highest BCUT2D eigenvalue weighted by Gasteiger charge is 2.22. The first-order valence-corrected chi connectivity index (χ1v) is 7.19. The summed E-state index contributed by atoms with van der Waals surface area (Å²) in [6.07, 6.45) is 1.84. The number of rotatable bonds is 7. The number of amidine groups is 1. The zero-order chi connectivity index (χ0) is 15.2. The Morgan fingerprint density at radius 3 is 2.60 bits per heavy atom. The van der Waals surface area contributed by atoms with E-state index in [1.165, 1.54) is 11.3 Å². The van der Waals surface area contributed by atoms with Gasteiger partial charge in [-0.25, -0.2) is 0 Å². The van der Waals surface area contributed by atoms with Gasteiger partial charge in [0.2, 0.25) is 0 Å². The summed E-state index contributed by atoms with van der Waals surface area (Å²) >= 11 is 0. The van der Waals surface area contributed by atoms with Crippen molar-refractivity contribution in [3.05, 3.63) is 29.8 Å². The van der Waals surface area contributed by atoms with Gasteiger partial charge < -0.3 is 16.3 Å². The van der Waals surface area contributed by atoms with Gasteiger partial charge in [-0.3, -0.25) is 0 Å². The van der Waals surface area contributed by atoms with Crippen LogP contribution in [0.25, 0.3) is 0 Å². The smallest absolute Gasteiger partial charge is 0.144 e. The highest BCUT2D eigenvalue weighted by atomic mass is 16.4. The molecule has 0 unspecified atom stereocenters. The average molecular weight is 277 g/mol. The van der Waals surface area contributed by atoms with E-state index in [0.29, 0.717) is 11.8 Å². The Kier molecular flexibility index (Phi) is 5.86. The van der Waals surface area contributed by atoms with Crippen LogP contribution in [0.2, 0.25) is 0 Å². The first-order chi connectivity index (χ1) is 9.38. The number of hydrogen-bond donors (Lipinski definition) is 3. The second kappa shape index (κ2) is 7.17. The molecule has 0 saturated carbocycles. The molecule has 4 nitrogen and oxygen atoms in total. The molecule has 0 radical (unpaired) electrons. The molecule has 4 heteroatoms. The van der Waals surface area contributed by atoms with E-state index in [2.05, 4.69) is 48.6 Å². The number of oxime groups is 1. The molecule has 0 spiro atoms. The monoisotopic (exact) mass is 277 g/mol. The normalized spacial score (nSPS) is 12.8. The molecule has 0 fully saturated rings. The largest absolute Gasteiger partial charge is 0.409 e. The van der Waals surface area contributed by atoms with Crippen LogP contribution in [0.5, 0.6) is 0 Å². The van der Waals surface area contributed by atoms with Gasteiger partial charge in [-0.2, -0.15) is 0 Å².